The van der Waals surface area contributed by atoms with Crippen molar-refractivity contribution >= 4 is 35.0 Å². The molecule has 2 aromatic rings. The van der Waals surface area contributed by atoms with Crippen LogP contribution in [0, 0.1) is 0 Å². The third-order valence-electron chi connectivity index (χ3n) is 3.25. The van der Waals surface area contributed by atoms with Gasteiger partial charge in [0.1, 0.15) is 6.04 Å². The Kier molecular flexibility index (Phi) is 3.93. The van der Waals surface area contributed by atoms with Crippen LogP contribution < -0.4 is 10.6 Å². The second-order valence-electron chi connectivity index (χ2n) is 4.80. The summed E-state index contributed by atoms with van der Waals surface area (Å²) in [5, 5.41) is 10.8. The van der Waals surface area contributed by atoms with Gasteiger partial charge in [-0.3, -0.25) is 9.48 Å². The molecular formula is C14H15ClN4OS. The van der Waals surface area contributed by atoms with Gasteiger partial charge < -0.3 is 10.6 Å². The number of carbonyl (C=O) groups is 1. The quantitative estimate of drug-likeness (QED) is 0.908. The molecule has 0 bridgehead atoms. The average Bonchev–Trinajstić information content (AvgIpc) is 2.96. The van der Waals surface area contributed by atoms with E-state index in [2.05, 4.69) is 15.7 Å². The number of nitrogens with one attached hydrogen (secondary N) is 2. The lowest BCUT2D eigenvalue weighted by molar-refractivity contribution is -0.117. The number of aromatic nitrogens is 2. The first kappa shape index (κ1) is 14.4. The van der Waals surface area contributed by atoms with Gasteiger partial charge in [-0.15, -0.1) is 0 Å². The zero-order chi connectivity index (χ0) is 15.0. The predicted octanol–water partition coefficient (Wildman–Crippen LogP) is 2.83. The van der Waals surface area contributed by atoms with E-state index in [-0.39, 0.29) is 11.9 Å². The van der Waals surface area contributed by atoms with Gasteiger partial charge in [-0.25, -0.2) is 0 Å². The molecule has 1 atom stereocenters. The molecule has 1 aromatic heterocycles. The monoisotopic (exact) mass is 322 g/mol. The number of anilines is 1. The van der Waals surface area contributed by atoms with Crippen LogP contribution in [0.25, 0.3) is 0 Å². The van der Waals surface area contributed by atoms with Crippen molar-refractivity contribution in [1.29, 1.82) is 0 Å². The van der Waals surface area contributed by atoms with Crippen LogP contribution in [0.1, 0.15) is 18.5 Å². The SMILES string of the molecule is CCNC1C(=O)Nc2cc(Sc3cnn(C)c3)c(Cl)cc21. The molecule has 0 aliphatic carbocycles. The molecule has 2 heterocycles. The Bertz CT molecular complexity index is 700. The first-order valence-electron chi connectivity index (χ1n) is 6.62. The molecule has 110 valence electrons. The van der Waals surface area contributed by atoms with Gasteiger partial charge in [0.25, 0.3) is 0 Å². The van der Waals surface area contributed by atoms with Crippen LogP contribution in [0.3, 0.4) is 0 Å². The fourth-order valence-electron chi connectivity index (χ4n) is 2.33. The minimum absolute atomic E-state index is 0.0357. The summed E-state index contributed by atoms with van der Waals surface area (Å²) in [5.41, 5.74) is 1.73. The molecule has 1 aromatic carbocycles. The summed E-state index contributed by atoms with van der Waals surface area (Å²) in [5.74, 6) is -0.0357. The maximum atomic E-state index is 12.0. The summed E-state index contributed by atoms with van der Waals surface area (Å²) in [6, 6.07) is 3.46. The molecule has 1 aliphatic heterocycles. The van der Waals surface area contributed by atoms with Crippen LogP contribution in [0.15, 0.2) is 34.3 Å². The summed E-state index contributed by atoms with van der Waals surface area (Å²) in [7, 11) is 1.87. The van der Waals surface area contributed by atoms with Gasteiger partial charge in [0.15, 0.2) is 0 Å². The summed E-state index contributed by atoms with van der Waals surface area (Å²) < 4.78 is 1.74. The Morgan fingerprint density at radius 3 is 3.00 bits per heavy atom. The number of rotatable bonds is 4. The van der Waals surface area contributed by atoms with E-state index in [0.717, 1.165) is 27.6 Å². The Labute approximate surface area is 132 Å². The van der Waals surface area contributed by atoms with Crippen molar-refractivity contribution in [3.05, 3.63) is 35.1 Å². The second kappa shape index (κ2) is 5.71. The van der Waals surface area contributed by atoms with E-state index in [1.165, 1.54) is 11.8 Å². The van der Waals surface area contributed by atoms with E-state index in [9.17, 15) is 4.79 Å². The number of likely N-dealkylation sites (N-methyl/N-ethyl adjacent to an activating group) is 1. The third-order valence-corrected chi connectivity index (χ3v) is 4.68. The molecule has 0 radical (unpaired) electrons. The maximum Gasteiger partial charge on any atom is 0.246 e. The molecule has 3 rings (SSSR count). The molecule has 0 saturated carbocycles. The largest absolute Gasteiger partial charge is 0.324 e. The van der Waals surface area contributed by atoms with E-state index >= 15 is 0 Å². The van der Waals surface area contributed by atoms with Gasteiger partial charge >= 0.3 is 0 Å². The van der Waals surface area contributed by atoms with Crippen molar-refractivity contribution in [2.75, 3.05) is 11.9 Å². The van der Waals surface area contributed by atoms with Crippen LogP contribution >= 0.6 is 23.4 Å². The summed E-state index contributed by atoms with van der Waals surface area (Å²) in [4.78, 5) is 13.9. The number of nitrogens with zero attached hydrogens (tertiary/aromatic N) is 2. The molecule has 21 heavy (non-hydrogen) atoms. The standard InChI is InChI=1S/C14H15ClN4OS/c1-3-16-13-9-4-10(15)12(5-11(9)18-14(13)20)21-8-6-17-19(2)7-8/h4-7,13,16H,3H2,1-2H3,(H,18,20). The van der Waals surface area contributed by atoms with Crippen LogP contribution in [0.5, 0.6) is 0 Å². The normalized spacial score (nSPS) is 16.9. The Balaban J connectivity index is 1.92. The second-order valence-corrected chi connectivity index (χ2v) is 6.32. The summed E-state index contributed by atoms with van der Waals surface area (Å²) in [6.45, 7) is 2.70. The van der Waals surface area contributed by atoms with Crippen LogP contribution in [0.4, 0.5) is 5.69 Å². The minimum Gasteiger partial charge on any atom is -0.324 e. The highest BCUT2D eigenvalue weighted by Gasteiger charge is 2.30. The van der Waals surface area contributed by atoms with E-state index in [0.29, 0.717) is 5.02 Å². The van der Waals surface area contributed by atoms with Crippen LogP contribution in [-0.4, -0.2) is 22.2 Å². The van der Waals surface area contributed by atoms with Gasteiger partial charge in [0.2, 0.25) is 5.91 Å². The van der Waals surface area contributed by atoms with Gasteiger partial charge in [-0.1, -0.05) is 30.3 Å². The maximum absolute atomic E-state index is 12.0. The number of carbonyl (C=O) groups excluding carboxylic acids is 1. The van der Waals surface area contributed by atoms with Gasteiger partial charge in [0.05, 0.1) is 16.1 Å². The zero-order valence-electron chi connectivity index (χ0n) is 11.7. The first-order valence-corrected chi connectivity index (χ1v) is 7.82. The number of amides is 1. The number of hydrogen-bond acceptors (Lipinski definition) is 4. The number of hydrogen-bond donors (Lipinski definition) is 2. The summed E-state index contributed by atoms with van der Waals surface area (Å²) in [6.07, 6.45) is 3.71. The van der Waals surface area contributed by atoms with Crippen LogP contribution in [-0.2, 0) is 11.8 Å². The smallest absolute Gasteiger partial charge is 0.246 e. The molecule has 7 heteroatoms. The first-order chi connectivity index (χ1) is 10.1. The fourth-order valence-corrected chi connectivity index (χ4v) is 3.51. The van der Waals surface area contributed by atoms with Crippen molar-refractivity contribution in [3.63, 3.8) is 0 Å². The van der Waals surface area contributed by atoms with Gasteiger partial charge in [0, 0.05) is 29.4 Å². The lowest BCUT2D eigenvalue weighted by Gasteiger charge is -2.10. The molecule has 0 fully saturated rings. The molecule has 1 amide bonds. The lowest BCUT2D eigenvalue weighted by atomic mass is 10.1. The molecule has 0 spiro atoms. The van der Waals surface area contributed by atoms with E-state index in [1.807, 2.05) is 32.3 Å². The Morgan fingerprint density at radius 1 is 1.52 bits per heavy atom. The van der Waals surface area contributed by atoms with Crippen molar-refractivity contribution in [1.82, 2.24) is 15.1 Å². The topological polar surface area (TPSA) is 59.0 Å². The summed E-state index contributed by atoms with van der Waals surface area (Å²) >= 11 is 7.89. The fraction of sp³-hybridized carbons (Fsp3) is 0.286. The Hall–Kier alpha value is -1.50. The molecule has 0 saturated heterocycles. The highest BCUT2D eigenvalue weighted by Crippen LogP contribution is 2.40. The molecular weight excluding hydrogens is 308 g/mol. The predicted molar refractivity (Wildman–Crippen MR) is 83.8 cm³/mol. The molecule has 1 aliphatic rings. The zero-order valence-corrected chi connectivity index (χ0v) is 13.3. The van der Waals surface area contributed by atoms with E-state index in [4.69, 9.17) is 11.6 Å². The average molecular weight is 323 g/mol. The number of benzene rings is 1. The number of aryl methyl sites for hydroxylation is 1. The number of fused-ring (bicyclic) bond motifs is 1. The third kappa shape index (κ3) is 2.79. The minimum atomic E-state index is -0.319. The van der Waals surface area contributed by atoms with Crippen molar-refractivity contribution in [3.8, 4) is 0 Å². The van der Waals surface area contributed by atoms with Crippen molar-refractivity contribution in [2.24, 2.45) is 7.05 Å². The number of halogens is 1. The molecule has 1 unspecified atom stereocenters. The van der Waals surface area contributed by atoms with E-state index in [1.54, 1.807) is 10.9 Å². The van der Waals surface area contributed by atoms with Gasteiger partial charge in [-0.2, -0.15) is 5.10 Å². The lowest BCUT2D eigenvalue weighted by Crippen LogP contribution is -2.27. The van der Waals surface area contributed by atoms with E-state index < -0.39 is 0 Å². The van der Waals surface area contributed by atoms with Crippen molar-refractivity contribution < 1.29 is 4.79 Å². The Morgan fingerprint density at radius 2 is 2.33 bits per heavy atom. The highest BCUT2D eigenvalue weighted by atomic mass is 35.5. The highest BCUT2D eigenvalue weighted by molar-refractivity contribution is 7.99. The van der Waals surface area contributed by atoms with Gasteiger partial charge in [-0.05, 0) is 18.7 Å². The van der Waals surface area contributed by atoms with Crippen molar-refractivity contribution in [2.45, 2.75) is 22.8 Å². The van der Waals surface area contributed by atoms with Crippen LogP contribution in [0.2, 0.25) is 5.02 Å². The molecule has 2 N–H and O–H groups in total. The molecule has 5 nitrogen and oxygen atoms in total.